The summed E-state index contributed by atoms with van der Waals surface area (Å²) in [5, 5.41) is 1.66. The fraction of sp³-hybridized carbons (Fsp3) is 0.471. The molecule has 0 saturated carbocycles. The summed E-state index contributed by atoms with van der Waals surface area (Å²) >= 11 is 7.41. The molecule has 7 heteroatoms. The molecule has 0 atom stereocenters. The first kappa shape index (κ1) is 17.2. The highest BCUT2D eigenvalue weighted by molar-refractivity contribution is 7.13. The van der Waals surface area contributed by atoms with Gasteiger partial charge in [0.15, 0.2) is 0 Å². The summed E-state index contributed by atoms with van der Waals surface area (Å²) in [6.07, 6.45) is 1.66. The van der Waals surface area contributed by atoms with Crippen LogP contribution in [0.15, 0.2) is 18.3 Å². The quantitative estimate of drug-likeness (QED) is 0.835. The Kier molecular flexibility index (Phi) is 5.06. The number of pyridine rings is 1. The minimum Gasteiger partial charge on any atom is -0.353 e. The van der Waals surface area contributed by atoms with Crippen molar-refractivity contribution in [1.29, 1.82) is 0 Å². The Morgan fingerprint density at radius 1 is 1.25 bits per heavy atom. The molecular formula is C17H21ClN4OS. The molecule has 1 aliphatic heterocycles. The maximum absolute atomic E-state index is 12.8. The number of amides is 1. The lowest BCUT2D eigenvalue weighted by atomic mass is 10.2. The van der Waals surface area contributed by atoms with Crippen LogP contribution in [-0.2, 0) is 0 Å². The monoisotopic (exact) mass is 364 g/mol. The third kappa shape index (κ3) is 3.54. The fourth-order valence-electron chi connectivity index (χ4n) is 2.70. The molecule has 0 unspecified atom stereocenters. The van der Waals surface area contributed by atoms with Crippen molar-refractivity contribution in [3.8, 4) is 0 Å². The molecule has 2 aromatic rings. The smallest absolute Gasteiger partial charge is 0.265 e. The van der Waals surface area contributed by atoms with Gasteiger partial charge in [-0.25, -0.2) is 9.97 Å². The van der Waals surface area contributed by atoms with Crippen molar-refractivity contribution in [1.82, 2.24) is 14.9 Å². The van der Waals surface area contributed by atoms with Gasteiger partial charge in [-0.2, -0.15) is 0 Å². The zero-order valence-electron chi connectivity index (χ0n) is 14.1. The molecule has 0 radical (unpaired) electrons. The Morgan fingerprint density at radius 2 is 1.96 bits per heavy atom. The van der Waals surface area contributed by atoms with Crippen LogP contribution in [-0.4, -0.2) is 47.0 Å². The first-order valence-electron chi connectivity index (χ1n) is 8.09. The summed E-state index contributed by atoms with van der Waals surface area (Å²) < 4.78 is 0. The van der Waals surface area contributed by atoms with Gasteiger partial charge < -0.3 is 9.80 Å². The second-order valence-electron chi connectivity index (χ2n) is 6.24. The lowest BCUT2D eigenvalue weighted by molar-refractivity contribution is 0.0750. The highest BCUT2D eigenvalue weighted by Crippen LogP contribution is 2.26. The van der Waals surface area contributed by atoms with Gasteiger partial charge in [0, 0.05) is 38.3 Å². The van der Waals surface area contributed by atoms with E-state index in [0.717, 1.165) is 34.5 Å². The van der Waals surface area contributed by atoms with E-state index >= 15 is 0 Å². The number of hydrogen-bond donors (Lipinski definition) is 0. The summed E-state index contributed by atoms with van der Waals surface area (Å²) in [5.74, 6) is 1.35. The molecule has 0 bridgehead atoms. The standard InChI is InChI=1S/C17H21ClN4OS/c1-11(2)16-20-12(3)15(24-16)17(23)22-8-6-21(7-9-22)14-5-4-13(18)10-19-14/h4-5,10-11H,6-9H2,1-3H3. The van der Waals surface area contributed by atoms with Crippen molar-refractivity contribution in [2.75, 3.05) is 31.1 Å². The third-order valence-corrected chi connectivity index (χ3v) is 5.77. The van der Waals surface area contributed by atoms with Crippen molar-refractivity contribution in [3.63, 3.8) is 0 Å². The van der Waals surface area contributed by atoms with Gasteiger partial charge in [0.05, 0.1) is 15.7 Å². The molecule has 3 heterocycles. The fourth-order valence-corrected chi connectivity index (χ4v) is 3.85. The van der Waals surface area contributed by atoms with Crippen LogP contribution in [0.2, 0.25) is 5.02 Å². The van der Waals surface area contributed by atoms with E-state index in [1.54, 1.807) is 6.20 Å². The van der Waals surface area contributed by atoms with Crippen LogP contribution in [0, 0.1) is 6.92 Å². The molecule has 24 heavy (non-hydrogen) atoms. The number of carbonyl (C=O) groups is 1. The molecule has 1 aliphatic rings. The molecule has 1 fully saturated rings. The van der Waals surface area contributed by atoms with Crippen LogP contribution in [0.3, 0.4) is 0 Å². The van der Waals surface area contributed by atoms with E-state index in [1.165, 1.54) is 11.3 Å². The van der Waals surface area contributed by atoms with Crippen molar-refractivity contribution >= 4 is 34.7 Å². The van der Waals surface area contributed by atoms with Crippen LogP contribution in [0.4, 0.5) is 5.82 Å². The lowest BCUT2D eigenvalue weighted by Crippen LogP contribution is -2.49. The molecule has 3 rings (SSSR count). The predicted molar refractivity (Wildman–Crippen MR) is 98.3 cm³/mol. The van der Waals surface area contributed by atoms with Crippen molar-refractivity contribution in [2.24, 2.45) is 0 Å². The second-order valence-corrected chi connectivity index (χ2v) is 7.70. The number of thiazole rings is 1. The number of aromatic nitrogens is 2. The maximum Gasteiger partial charge on any atom is 0.265 e. The molecule has 0 aliphatic carbocycles. The topological polar surface area (TPSA) is 49.3 Å². The number of rotatable bonds is 3. The first-order valence-corrected chi connectivity index (χ1v) is 9.28. The predicted octanol–water partition coefficient (Wildman–Crippen LogP) is 3.59. The molecule has 0 aromatic carbocycles. The Hall–Kier alpha value is -1.66. The SMILES string of the molecule is Cc1nc(C(C)C)sc1C(=O)N1CCN(c2ccc(Cl)cn2)CC1. The summed E-state index contributed by atoms with van der Waals surface area (Å²) in [7, 11) is 0. The van der Waals surface area contributed by atoms with E-state index in [-0.39, 0.29) is 5.91 Å². The first-order chi connectivity index (χ1) is 11.5. The van der Waals surface area contributed by atoms with Gasteiger partial charge in [0.1, 0.15) is 10.7 Å². The van der Waals surface area contributed by atoms with E-state index in [1.807, 2.05) is 24.0 Å². The second kappa shape index (κ2) is 7.07. The molecule has 128 valence electrons. The Bertz CT molecular complexity index is 721. The van der Waals surface area contributed by atoms with Crippen LogP contribution >= 0.6 is 22.9 Å². The van der Waals surface area contributed by atoms with Gasteiger partial charge >= 0.3 is 0 Å². The summed E-state index contributed by atoms with van der Waals surface area (Å²) in [6, 6.07) is 3.76. The average molecular weight is 365 g/mol. The van der Waals surface area contributed by atoms with Gasteiger partial charge in [-0.15, -0.1) is 11.3 Å². The van der Waals surface area contributed by atoms with Gasteiger partial charge in [-0.3, -0.25) is 4.79 Å². The molecule has 5 nitrogen and oxygen atoms in total. The largest absolute Gasteiger partial charge is 0.353 e. The average Bonchev–Trinajstić information content (AvgIpc) is 2.97. The Balaban J connectivity index is 1.66. The van der Waals surface area contributed by atoms with Crippen molar-refractivity contribution in [3.05, 3.63) is 38.9 Å². The van der Waals surface area contributed by atoms with Gasteiger partial charge in [0.2, 0.25) is 0 Å². The van der Waals surface area contributed by atoms with Crippen LogP contribution < -0.4 is 4.90 Å². The lowest BCUT2D eigenvalue weighted by Gasteiger charge is -2.35. The molecule has 0 N–H and O–H groups in total. The minimum absolute atomic E-state index is 0.0978. The van der Waals surface area contributed by atoms with E-state index in [0.29, 0.717) is 24.0 Å². The zero-order chi connectivity index (χ0) is 17.3. The number of hydrogen-bond acceptors (Lipinski definition) is 5. The molecule has 2 aromatic heterocycles. The van der Waals surface area contributed by atoms with E-state index < -0.39 is 0 Å². The third-order valence-electron chi connectivity index (χ3n) is 4.10. The van der Waals surface area contributed by atoms with Gasteiger partial charge in [0.25, 0.3) is 5.91 Å². The molecule has 1 saturated heterocycles. The number of halogens is 1. The Labute approximate surface area is 151 Å². The molecule has 0 spiro atoms. The highest BCUT2D eigenvalue weighted by atomic mass is 35.5. The summed E-state index contributed by atoms with van der Waals surface area (Å²) in [5.41, 5.74) is 0.843. The Morgan fingerprint density at radius 3 is 2.50 bits per heavy atom. The number of piperazine rings is 1. The van der Waals surface area contributed by atoms with Crippen LogP contribution in [0.5, 0.6) is 0 Å². The minimum atomic E-state index is 0.0978. The van der Waals surface area contributed by atoms with Crippen molar-refractivity contribution in [2.45, 2.75) is 26.7 Å². The zero-order valence-corrected chi connectivity index (χ0v) is 15.7. The maximum atomic E-state index is 12.8. The summed E-state index contributed by atoms with van der Waals surface area (Å²) in [4.78, 5) is 26.5. The van der Waals surface area contributed by atoms with Gasteiger partial charge in [-0.1, -0.05) is 25.4 Å². The van der Waals surface area contributed by atoms with Crippen molar-refractivity contribution < 1.29 is 4.79 Å². The number of carbonyl (C=O) groups excluding carboxylic acids is 1. The number of aryl methyl sites for hydroxylation is 1. The highest BCUT2D eigenvalue weighted by Gasteiger charge is 2.26. The van der Waals surface area contributed by atoms with Crippen LogP contribution in [0.25, 0.3) is 0 Å². The van der Waals surface area contributed by atoms with E-state index in [4.69, 9.17) is 11.6 Å². The van der Waals surface area contributed by atoms with Crippen LogP contribution in [0.1, 0.15) is 40.1 Å². The summed E-state index contributed by atoms with van der Waals surface area (Å²) in [6.45, 7) is 9.05. The number of nitrogens with zero attached hydrogens (tertiary/aromatic N) is 4. The molecular weight excluding hydrogens is 344 g/mol. The molecule has 1 amide bonds. The number of anilines is 1. The van der Waals surface area contributed by atoms with E-state index in [2.05, 4.69) is 28.7 Å². The van der Waals surface area contributed by atoms with E-state index in [9.17, 15) is 4.79 Å². The van der Waals surface area contributed by atoms with Gasteiger partial charge in [-0.05, 0) is 19.1 Å². The normalized spacial score (nSPS) is 15.2.